The van der Waals surface area contributed by atoms with Gasteiger partial charge in [-0.05, 0) is 37.5 Å². The highest BCUT2D eigenvalue weighted by atomic mass is 19.1. The predicted molar refractivity (Wildman–Crippen MR) is 67.5 cm³/mol. The van der Waals surface area contributed by atoms with Crippen molar-refractivity contribution in [2.45, 2.75) is 24.8 Å². The lowest BCUT2D eigenvalue weighted by atomic mass is 9.71. The normalized spacial score (nSPS) is 16.7. The molecule has 98 valence electrons. The predicted octanol–water partition coefficient (Wildman–Crippen LogP) is 3.25. The minimum atomic E-state index is -0.725. The maximum Gasteiger partial charge on any atom is 0.223 e. The Kier molecular flexibility index (Phi) is 2.89. The molecule has 1 aromatic carbocycles. The van der Waals surface area contributed by atoms with E-state index < -0.39 is 17.2 Å². The maximum absolute atomic E-state index is 13.9. The molecule has 19 heavy (non-hydrogen) atoms. The van der Waals surface area contributed by atoms with Crippen LogP contribution in [0.5, 0.6) is 0 Å². The molecule has 2 aromatic rings. The lowest BCUT2D eigenvalue weighted by Gasteiger charge is -2.43. The summed E-state index contributed by atoms with van der Waals surface area (Å²) in [5.41, 5.74) is -0.634. The Balaban J connectivity index is 2.00. The van der Waals surface area contributed by atoms with Crippen molar-refractivity contribution < 1.29 is 8.78 Å². The second-order valence-electron chi connectivity index (χ2n) is 4.73. The molecule has 0 unspecified atom stereocenters. The van der Waals surface area contributed by atoms with Gasteiger partial charge in [0.15, 0.2) is 0 Å². The topological polar surface area (TPSA) is 37.8 Å². The second kappa shape index (κ2) is 4.57. The minimum absolute atomic E-state index is 0.0914. The van der Waals surface area contributed by atoms with Gasteiger partial charge in [0.25, 0.3) is 0 Å². The summed E-state index contributed by atoms with van der Waals surface area (Å²) in [5.74, 6) is -0.656. The molecule has 1 saturated carbocycles. The first-order chi connectivity index (χ1) is 9.21. The summed E-state index contributed by atoms with van der Waals surface area (Å²) in [6.45, 7) is 0. The van der Waals surface area contributed by atoms with Crippen molar-refractivity contribution in [1.82, 2.24) is 9.97 Å². The van der Waals surface area contributed by atoms with E-state index >= 15 is 0 Å². The van der Waals surface area contributed by atoms with Crippen molar-refractivity contribution in [2.24, 2.45) is 0 Å². The molecule has 1 N–H and O–H groups in total. The number of hydrogen-bond acceptors (Lipinski definition) is 3. The highest BCUT2D eigenvalue weighted by molar-refractivity contribution is 5.40. The molecular weight excluding hydrogens is 248 g/mol. The van der Waals surface area contributed by atoms with Crippen molar-refractivity contribution in [3.05, 3.63) is 53.9 Å². The van der Waals surface area contributed by atoms with E-state index in [1.807, 2.05) is 0 Å². The van der Waals surface area contributed by atoms with Crippen LogP contribution >= 0.6 is 0 Å². The average molecular weight is 261 g/mol. The maximum atomic E-state index is 13.9. The van der Waals surface area contributed by atoms with Crippen molar-refractivity contribution in [2.75, 3.05) is 5.32 Å². The molecule has 3 rings (SSSR count). The van der Waals surface area contributed by atoms with Crippen molar-refractivity contribution >= 4 is 5.95 Å². The fourth-order valence-electron chi connectivity index (χ4n) is 2.50. The SMILES string of the molecule is Fc1cccc(F)c1C1(Nc2ncccn2)CCC1. The Morgan fingerprint density at radius 2 is 1.63 bits per heavy atom. The van der Waals surface area contributed by atoms with Crippen LogP contribution in [-0.4, -0.2) is 9.97 Å². The number of rotatable bonds is 3. The Morgan fingerprint density at radius 1 is 1.00 bits per heavy atom. The summed E-state index contributed by atoms with van der Waals surface area (Å²) >= 11 is 0. The van der Waals surface area contributed by atoms with Gasteiger partial charge in [-0.25, -0.2) is 18.7 Å². The first-order valence-electron chi connectivity index (χ1n) is 6.21. The molecule has 1 heterocycles. The van der Waals surface area contributed by atoms with Crippen molar-refractivity contribution in [1.29, 1.82) is 0 Å². The zero-order valence-electron chi connectivity index (χ0n) is 10.2. The van der Waals surface area contributed by atoms with Gasteiger partial charge in [-0.15, -0.1) is 0 Å². The monoisotopic (exact) mass is 261 g/mol. The highest BCUT2D eigenvalue weighted by Gasteiger charge is 2.43. The molecule has 0 bridgehead atoms. The minimum Gasteiger partial charge on any atom is -0.344 e. The molecule has 1 fully saturated rings. The Bertz CT molecular complexity index is 562. The van der Waals surface area contributed by atoms with Crippen LogP contribution in [0.15, 0.2) is 36.7 Å². The largest absolute Gasteiger partial charge is 0.344 e. The second-order valence-corrected chi connectivity index (χ2v) is 4.73. The molecule has 0 aliphatic heterocycles. The quantitative estimate of drug-likeness (QED) is 0.921. The van der Waals surface area contributed by atoms with Crippen molar-refractivity contribution in [3.63, 3.8) is 0 Å². The molecule has 1 aromatic heterocycles. The summed E-state index contributed by atoms with van der Waals surface area (Å²) in [7, 11) is 0. The molecular formula is C14H13F2N3. The summed E-state index contributed by atoms with van der Waals surface area (Å²) in [6.07, 6.45) is 5.46. The number of hydrogen-bond donors (Lipinski definition) is 1. The number of aromatic nitrogens is 2. The molecule has 0 atom stereocenters. The van der Waals surface area contributed by atoms with Crippen LogP contribution in [0.2, 0.25) is 0 Å². The third-order valence-corrected chi connectivity index (χ3v) is 3.57. The summed E-state index contributed by atoms with van der Waals surface area (Å²) < 4.78 is 27.9. The zero-order chi connectivity index (χ0) is 13.3. The van der Waals surface area contributed by atoms with Gasteiger partial charge < -0.3 is 5.32 Å². The fraction of sp³-hybridized carbons (Fsp3) is 0.286. The first-order valence-corrected chi connectivity index (χ1v) is 6.21. The van der Waals surface area contributed by atoms with E-state index in [2.05, 4.69) is 15.3 Å². The Morgan fingerprint density at radius 3 is 2.16 bits per heavy atom. The van der Waals surface area contributed by atoms with E-state index in [0.717, 1.165) is 6.42 Å². The van der Waals surface area contributed by atoms with E-state index in [4.69, 9.17) is 0 Å². The summed E-state index contributed by atoms with van der Waals surface area (Å²) in [6, 6.07) is 5.64. The van der Waals surface area contributed by atoms with Gasteiger partial charge in [0.2, 0.25) is 5.95 Å². The molecule has 5 heteroatoms. The van der Waals surface area contributed by atoms with Gasteiger partial charge >= 0.3 is 0 Å². The van der Waals surface area contributed by atoms with E-state index in [0.29, 0.717) is 18.8 Å². The van der Waals surface area contributed by atoms with E-state index in [-0.39, 0.29) is 5.56 Å². The fourth-order valence-corrected chi connectivity index (χ4v) is 2.50. The van der Waals surface area contributed by atoms with E-state index in [9.17, 15) is 8.78 Å². The number of anilines is 1. The Hall–Kier alpha value is -2.04. The van der Waals surface area contributed by atoms with Gasteiger partial charge in [-0.1, -0.05) is 6.07 Å². The van der Waals surface area contributed by atoms with Gasteiger partial charge in [0.1, 0.15) is 11.6 Å². The average Bonchev–Trinajstić information content (AvgIpc) is 2.36. The first kappa shape index (κ1) is 12.0. The zero-order valence-corrected chi connectivity index (χ0v) is 10.2. The number of benzene rings is 1. The van der Waals surface area contributed by atoms with Crippen LogP contribution in [0.1, 0.15) is 24.8 Å². The Labute approximate surface area is 109 Å². The van der Waals surface area contributed by atoms with Gasteiger partial charge in [0, 0.05) is 18.0 Å². The molecule has 3 nitrogen and oxygen atoms in total. The smallest absolute Gasteiger partial charge is 0.223 e. The summed E-state index contributed by atoms with van der Waals surface area (Å²) in [4.78, 5) is 8.13. The molecule has 0 spiro atoms. The molecule has 0 saturated heterocycles. The van der Waals surface area contributed by atoms with Crippen LogP contribution < -0.4 is 5.32 Å². The van der Waals surface area contributed by atoms with Gasteiger partial charge in [-0.3, -0.25) is 0 Å². The van der Waals surface area contributed by atoms with Crippen LogP contribution in [0.25, 0.3) is 0 Å². The lowest BCUT2D eigenvalue weighted by molar-refractivity contribution is 0.263. The standard InChI is InChI=1S/C14H13F2N3/c15-10-4-1-5-11(16)12(10)14(6-2-7-14)19-13-17-8-3-9-18-13/h1,3-5,8-9H,2,6-7H2,(H,17,18,19). The number of halogens is 2. The molecule has 1 aliphatic carbocycles. The van der Waals surface area contributed by atoms with Crippen molar-refractivity contribution in [3.8, 4) is 0 Å². The number of nitrogens with one attached hydrogen (secondary N) is 1. The van der Waals surface area contributed by atoms with E-state index in [1.54, 1.807) is 18.5 Å². The highest BCUT2D eigenvalue weighted by Crippen LogP contribution is 2.45. The van der Waals surface area contributed by atoms with Crippen LogP contribution in [0.3, 0.4) is 0 Å². The van der Waals surface area contributed by atoms with Crippen LogP contribution in [0.4, 0.5) is 14.7 Å². The van der Waals surface area contributed by atoms with Crippen LogP contribution in [-0.2, 0) is 5.54 Å². The molecule has 1 aliphatic rings. The van der Waals surface area contributed by atoms with Gasteiger partial charge in [-0.2, -0.15) is 0 Å². The molecule has 0 amide bonds. The van der Waals surface area contributed by atoms with Crippen LogP contribution in [0, 0.1) is 11.6 Å². The molecule has 0 radical (unpaired) electrons. The third-order valence-electron chi connectivity index (χ3n) is 3.57. The number of nitrogens with zero attached hydrogens (tertiary/aromatic N) is 2. The van der Waals surface area contributed by atoms with Gasteiger partial charge in [0.05, 0.1) is 5.54 Å². The van der Waals surface area contributed by atoms with E-state index in [1.165, 1.54) is 18.2 Å². The summed E-state index contributed by atoms with van der Waals surface area (Å²) in [5, 5.41) is 3.09. The lowest BCUT2D eigenvalue weighted by Crippen LogP contribution is -2.44. The third kappa shape index (κ3) is 2.05.